The number of benzene rings is 2. The molecule has 0 saturated carbocycles. The van der Waals surface area contributed by atoms with Crippen LogP contribution in [0.5, 0.6) is 5.75 Å². The summed E-state index contributed by atoms with van der Waals surface area (Å²) in [7, 11) is -1.86. The van der Waals surface area contributed by atoms with Gasteiger partial charge in [-0.3, -0.25) is 14.4 Å². The van der Waals surface area contributed by atoms with Crippen LogP contribution in [-0.2, 0) is 10.0 Å². The summed E-state index contributed by atoms with van der Waals surface area (Å²) < 4.78 is 30.2. The molecule has 0 unspecified atom stereocenters. The Balaban J connectivity index is 1.72. The van der Waals surface area contributed by atoms with Crippen LogP contribution in [0.3, 0.4) is 0 Å². The first kappa shape index (κ1) is 21.5. The largest absolute Gasteiger partial charge is 0.497 e. The first-order valence-electron chi connectivity index (χ1n) is 8.80. The van der Waals surface area contributed by atoms with Crippen LogP contribution in [0, 0.1) is 0 Å². The highest BCUT2D eigenvalue weighted by atomic mass is 32.2. The van der Waals surface area contributed by atoms with Gasteiger partial charge in [0.2, 0.25) is 15.2 Å². The molecule has 0 aliphatic carbocycles. The van der Waals surface area contributed by atoms with E-state index in [4.69, 9.17) is 4.74 Å². The molecule has 3 aromatic rings. The number of anilines is 2. The summed E-state index contributed by atoms with van der Waals surface area (Å²) in [5.74, 6) is 0.372. The first-order chi connectivity index (χ1) is 14.3. The van der Waals surface area contributed by atoms with E-state index in [1.807, 2.05) is 24.3 Å². The van der Waals surface area contributed by atoms with Crippen molar-refractivity contribution < 1.29 is 17.9 Å². The van der Waals surface area contributed by atoms with Crippen LogP contribution in [0.15, 0.2) is 61.2 Å². The van der Waals surface area contributed by atoms with Crippen LogP contribution < -0.4 is 14.4 Å². The fourth-order valence-electron chi connectivity index (χ4n) is 2.62. The normalized spacial score (nSPS) is 11.0. The van der Waals surface area contributed by atoms with Gasteiger partial charge in [0, 0.05) is 11.1 Å². The third-order valence-corrected chi connectivity index (χ3v) is 6.14. The number of nitrogens with one attached hydrogen (secondary N) is 1. The van der Waals surface area contributed by atoms with Crippen molar-refractivity contribution in [1.82, 2.24) is 10.2 Å². The van der Waals surface area contributed by atoms with E-state index in [0.717, 1.165) is 17.6 Å². The molecule has 0 aliphatic heterocycles. The lowest BCUT2D eigenvalue weighted by molar-refractivity contribution is 0.102. The number of hydrogen-bond acceptors (Lipinski definition) is 7. The number of carbonyl (C=O) groups is 1. The number of nitrogens with zero attached hydrogens (tertiary/aromatic N) is 3. The van der Waals surface area contributed by atoms with E-state index in [0.29, 0.717) is 21.4 Å². The average molecular weight is 445 g/mol. The number of carbonyl (C=O) groups excluding carboxylic acids is 1. The highest BCUT2D eigenvalue weighted by Crippen LogP contribution is 2.28. The lowest BCUT2D eigenvalue weighted by Crippen LogP contribution is -2.29. The standard InChI is InChI=1S/C20H20N4O4S2/c1-4-13-24(30(3,26)27)16-9-5-14(6-10-16)18(25)21-20-23-22-19(29-20)15-7-11-17(28-2)12-8-15/h4-12H,1,13H2,2-3H3,(H,21,23,25). The summed E-state index contributed by atoms with van der Waals surface area (Å²) >= 11 is 1.25. The Morgan fingerprint density at radius 2 is 1.83 bits per heavy atom. The average Bonchev–Trinajstić information content (AvgIpc) is 3.20. The zero-order valence-electron chi connectivity index (χ0n) is 16.4. The molecule has 0 spiro atoms. The van der Waals surface area contributed by atoms with Crippen molar-refractivity contribution in [3.8, 4) is 16.3 Å². The van der Waals surface area contributed by atoms with Crippen LogP contribution >= 0.6 is 11.3 Å². The quantitative estimate of drug-likeness (QED) is 0.534. The Labute approximate surface area is 178 Å². The second-order valence-electron chi connectivity index (χ2n) is 6.22. The first-order valence-corrected chi connectivity index (χ1v) is 11.5. The summed E-state index contributed by atoms with van der Waals surface area (Å²) in [6.07, 6.45) is 2.62. The van der Waals surface area contributed by atoms with E-state index in [9.17, 15) is 13.2 Å². The predicted octanol–water partition coefficient (Wildman–Crippen LogP) is 3.42. The molecular formula is C20H20N4O4S2. The lowest BCUT2D eigenvalue weighted by Gasteiger charge is -2.20. The van der Waals surface area contributed by atoms with Gasteiger partial charge >= 0.3 is 0 Å². The van der Waals surface area contributed by atoms with E-state index in [-0.39, 0.29) is 12.5 Å². The molecule has 3 rings (SSSR count). The second kappa shape index (κ2) is 9.06. The minimum Gasteiger partial charge on any atom is -0.497 e. The molecule has 1 aromatic heterocycles. The third kappa shape index (κ3) is 5.02. The Hall–Kier alpha value is -3.24. The monoisotopic (exact) mass is 444 g/mol. The molecule has 0 bridgehead atoms. The molecule has 1 heterocycles. The topological polar surface area (TPSA) is 101 Å². The van der Waals surface area contributed by atoms with Crippen LogP contribution in [0.1, 0.15) is 10.4 Å². The third-order valence-electron chi connectivity index (χ3n) is 4.10. The maximum Gasteiger partial charge on any atom is 0.257 e. The minimum atomic E-state index is -3.45. The number of sulfonamides is 1. The molecule has 0 aliphatic rings. The summed E-state index contributed by atoms with van der Waals surface area (Å²) in [6.45, 7) is 3.72. The van der Waals surface area contributed by atoms with Gasteiger partial charge in [0.1, 0.15) is 10.8 Å². The van der Waals surface area contributed by atoms with E-state index >= 15 is 0 Å². The van der Waals surface area contributed by atoms with Crippen LogP contribution in [-0.4, -0.2) is 44.4 Å². The van der Waals surface area contributed by atoms with Gasteiger partial charge in [-0.1, -0.05) is 17.4 Å². The maximum absolute atomic E-state index is 12.5. The molecule has 1 amide bonds. The van der Waals surface area contributed by atoms with Crippen molar-refractivity contribution in [2.75, 3.05) is 29.5 Å². The van der Waals surface area contributed by atoms with Crippen LogP contribution in [0.25, 0.3) is 10.6 Å². The molecule has 156 valence electrons. The van der Waals surface area contributed by atoms with Crippen molar-refractivity contribution in [3.05, 3.63) is 66.7 Å². The smallest absolute Gasteiger partial charge is 0.257 e. The predicted molar refractivity (Wildman–Crippen MR) is 119 cm³/mol. The maximum atomic E-state index is 12.5. The van der Waals surface area contributed by atoms with Gasteiger partial charge in [-0.25, -0.2) is 8.42 Å². The minimum absolute atomic E-state index is 0.142. The summed E-state index contributed by atoms with van der Waals surface area (Å²) in [5.41, 5.74) is 1.68. The van der Waals surface area contributed by atoms with Gasteiger partial charge in [0.15, 0.2) is 0 Å². The molecule has 0 radical (unpaired) electrons. The van der Waals surface area contributed by atoms with Gasteiger partial charge in [0.25, 0.3) is 5.91 Å². The van der Waals surface area contributed by atoms with Crippen LogP contribution in [0.4, 0.5) is 10.8 Å². The summed E-state index contributed by atoms with van der Waals surface area (Å²) in [4.78, 5) is 12.5. The zero-order chi connectivity index (χ0) is 21.7. The molecule has 1 N–H and O–H groups in total. The lowest BCUT2D eigenvalue weighted by atomic mass is 10.2. The number of aromatic nitrogens is 2. The van der Waals surface area contributed by atoms with Crippen molar-refractivity contribution >= 4 is 38.1 Å². The van der Waals surface area contributed by atoms with E-state index < -0.39 is 10.0 Å². The van der Waals surface area contributed by atoms with E-state index in [2.05, 4.69) is 22.1 Å². The van der Waals surface area contributed by atoms with Gasteiger partial charge in [-0.2, -0.15) is 0 Å². The Bertz CT molecular complexity index is 1140. The number of amides is 1. The van der Waals surface area contributed by atoms with E-state index in [1.54, 1.807) is 31.4 Å². The molecule has 8 nitrogen and oxygen atoms in total. The van der Waals surface area contributed by atoms with Crippen molar-refractivity contribution in [3.63, 3.8) is 0 Å². The molecule has 0 atom stereocenters. The fourth-order valence-corrected chi connectivity index (χ4v) is 4.25. The Kier molecular flexibility index (Phi) is 6.48. The highest BCUT2D eigenvalue weighted by Gasteiger charge is 2.17. The van der Waals surface area contributed by atoms with Gasteiger partial charge in [-0.15, -0.1) is 16.8 Å². The van der Waals surface area contributed by atoms with Crippen molar-refractivity contribution in [2.45, 2.75) is 0 Å². The zero-order valence-corrected chi connectivity index (χ0v) is 18.0. The van der Waals surface area contributed by atoms with Crippen LogP contribution in [0.2, 0.25) is 0 Å². The molecule has 10 heteroatoms. The molecule has 2 aromatic carbocycles. The number of hydrogen-bond donors (Lipinski definition) is 1. The summed E-state index contributed by atoms with van der Waals surface area (Å²) in [6, 6.07) is 13.6. The number of rotatable bonds is 8. The van der Waals surface area contributed by atoms with E-state index in [1.165, 1.54) is 21.7 Å². The highest BCUT2D eigenvalue weighted by molar-refractivity contribution is 7.92. The Morgan fingerprint density at radius 1 is 1.17 bits per heavy atom. The van der Waals surface area contributed by atoms with Gasteiger partial charge < -0.3 is 4.74 Å². The van der Waals surface area contributed by atoms with Gasteiger partial charge in [-0.05, 0) is 48.5 Å². The molecule has 0 saturated heterocycles. The number of ether oxygens (including phenoxy) is 1. The van der Waals surface area contributed by atoms with Crippen molar-refractivity contribution in [2.24, 2.45) is 0 Å². The van der Waals surface area contributed by atoms with Gasteiger partial charge in [0.05, 0.1) is 25.6 Å². The molecular weight excluding hydrogens is 424 g/mol. The molecule has 0 fully saturated rings. The number of methoxy groups -OCH3 is 1. The Morgan fingerprint density at radius 3 is 2.40 bits per heavy atom. The fraction of sp³-hybridized carbons (Fsp3) is 0.150. The molecule has 30 heavy (non-hydrogen) atoms. The summed E-state index contributed by atoms with van der Waals surface area (Å²) in [5, 5.41) is 11.8. The SMILES string of the molecule is C=CCN(c1ccc(C(=O)Nc2nnc(-c3ccc(OC)cc3)s2)cc1)S(C)(=O)=O. The van der Waals surface area contributed by atoms with Crippen molar-refractivity contribution in [1.29, 1.82) is 0 Å². The second-order valence-corrected chi connectivity index (χ2v) is 9.11.